The maximum Gasteiger partial charge on any atom is 0.227 e. The zero-order valence-electron chi connectivity index (χ0n) is 18.3. The number of carbonyl (C=O) groups excluding carboxylic acids is 2. The molecule has 3 rings (SSSR count). The number of likely N-dealkylation sites (tertiary alicyclic amines) is 1. The molecule has 2 heterocycles. The summed E-state index contributed by atoms with van der Waals surface area (Å²) in [5, 5.41) is 0.652. The molecule has 0 radical (unpaired) electrons. The number of hydrogen-bond donors (Lipinski definition) is 0. The van der Waals surface area contributed by atoms with E-state index >= 15 is 0 Å². The van der Waals surface area contributed by atoms with Crippen molar-refractivity contribution >= 4 is 23.4 Å². The van der Waals surface area contributed by atoms with E-state index < -0.39 is 10.8 Å². The molecule has 0 bridgehead atoms. The Morgan fingerprint density at radius 3 is 2.40 bits per heavy atom. The highest BCUT2D eigenvalue weighted by molar-refractivity contribution is 6.30. The largest absolute Gasteiger partial charge is 0.493 e. The van der Waals surface area contributed by atoms with E-state index in [9.17, 15) is 9.59 Å². The highest BCUT2D eigenvalue weighted by atomic mass is 35.5. The van der Waals surface area contributed by atoms with Gasteiger partial charge in [-0.1, -0.05) is 32.4 Å². The summed E-state index contributed by atoms with van der Waals surface area (Å²) in [5.41, 5.74) is -0.859. The van der Waals surface area contributed by atoms with E-state index in [0.29, 0.717) is 50.9 Å². The number of benzene rings is 1. The number of hydrogen-bond acceptors (Lipinski definition) is 4. The summed E-state index contributed by atoms with van der Waals surface area (Å²) in [5.74, 6) is 0.955. The standard InChI is InChI=1S/C23H33ClN2O4/c1-22(2,3)21(28)26-10-4-9-23(16-26,15-20(27)25-11-13-29-14-12-25)17-30-19-7-5-18(24)6-8-19/h5-8H,4,9-17H2,1-3H3/t23-/m1/s1. The maximum absolute atomic E-state index is 13.1. The van der Waals surface area contributed by atoms with Crippen molar-refractivity contribution in [2.75, 3.05) is 46.0 Å². The van der Waals surface area contributed by atoms with Crippen molar-refractivity contribution in [3.05, 3.63) is 29.3 Å². The van der Waals surface area contributed by atoms with E-state index in [2.05, 4.69) is 0 Å². The molecule has 0 saturated carbocycles. The van der Waals surface area contributed by atoms with Crippen LogP contribution in [0, 0.1) is 10.8 Å². The van der Waals surface area contributed by atoms with Crippen molar-refractivity contribution in [2.45, 2.75) is 40.0 Å². The zero-order chi connectivity index (χ0) is 21.8. The first-order chi connectivity index (χ1) is 14.2. The van der Waals surface area contributed by atoms with Gasteiger partial charge in [0.25, 0.3) is 0 Å². The summed E-state index contributed by atoms with van der Waals surface area (Å²) < 4.78 is 11.5. The minimum Gasteiger partial charge on any atom is -0.493 e. The lowest BCUT2D eigenvalue weighted by atomic mass is 9.76. The lowest BCUT2D eigenvalue weighted by Crippen LogP contribution is -2.53. The molecule has 2 fully saturated rings. The molecule has 0 N–H and O–H groups in total. The van der Waals surface area contributed by atoms with Crippen molar-refractivity contribution in [1.29, 1.82) is 0 Å². The molecule has 2 amide bonds. The number of morpholine rings is 1. The minimum absolute atomic E-state index is 0.114. The predicted molar refractivity (Wildman–Crippen MR) is 117 cm³/mol. The first-order valence-electron chi connectivity index (χ1n) is 10.7. The monoisotopic (exact) mass is 436 g/mol. The predicted octanol–water partition coefficient (Wildman–Crippen LogP) is 3.62. The number of nitrogens with zero attached hydrogens (tertiary/aromatic N) is 2. The van der Waals surface area contributed by atoms with Crippen LogP contribution in [-0.2, 0) is 14.3 Å². The maximum atomic E-state index is 13.1. The van der Waals surface area contributed by atoms with Crippen molar-refractivity contribution in [3.8, 4) is 5.75 Å². The van der Waals surface area contributed by atoms with Gasteiger partial charge in [0.1, 0.15) is 5.75 Å². The fourth-order valence-electron chi connectivity index (χ4n) is 4.18. The molecule has 0 spiro atoms. The van der Waals surface area contributed by atoms with E-state index in [0.717, 1.165) is 25.1 Å². The number of halogens is 1. The number of carbonyl (C=O) groups is 2. The van der Waals surface area contributed by atoms with E-state index in [-0.39, 0.29) is 11.8 Å². The lowest BCUT2D eigenvalue weighted by molar-refractivity contribution is -0.148. The van der Waals surface area contributed by atoms with Gasteiger partial charge in [-0.25, -0.2) is 0 Å². The highest BCUT2D eigenvalue weighted by Crippen LogP contribution is 2.37. The van der Waals surface area contributed by atoms with Crippen molar-refractivity contribution in [3.63, 3.8) is 0 Å². The summed E-state index contributed by atoms with van der Waals surface area (Å²) in [6.45, 7) is 9.87. The van der Waals surface area contributed by atoms with Gasteiger partial charge in [-0.05, 0) is 37.1 Å². The van der Waals surface area contributed by atoms with E-state index in [4.69, 9.17) is 21.1 Å². The van der Waals surface area contributed by atoms with Gasteiger partial charge in [0, 0.05) is 48.5 Å². The van der Waals surface area contributed by atoms with Crippen LogP contribution in [0.3, 0.4) is 0 Å². The number of ether oxygens (including phenoxy) is 2. The second kappa shape index (κ2) is 9.56. The quantitative estimate of drug-likeness (QED) is 0.707. The van der Waals surface area contributed by atoms with Gasteiger partial charge < -0.3 is 19.3 Å². The van der Waals surface area contributed by atoms with E-state index in [1.807, 2.05) is 42.7 Å². The Morgan fingerprint density at radius 1 is 1.10 bits per heavy atom. The Morgan fingerprint density at radius 2 is 1.77 bits per heavy atom. The zero-order valence-corrected chi connectivity index (χ0v) is 19.0. The van der Waals surface area contributed by atoms with Crippen LogP contribution in [0.4, 0.5) is 0 Å². The van der Waals surface area contributed by atoms with Gasteiger partial charge in [-0.3, -0.25) is 9.59 Å². The lowest BCUT2D eigenvalue weighted by Gasteiger charge is -2.44. The fraction of sp³-hybridized carbons (Fsp3) is 0.652. The number of amides is 2. The summed E-state index contributed by atoms with van der Waals surface area (Å²) in [7, 11) is 0. The second-order valence-corrected chi connectivity index (χ2v) is 9.93. The summed E-state index contributed by atoms with van der Waals surface area (Å²) in [6, 6.07) is 7.25. The Labute approximate surface area is 184 Å². The molecule has 0 aliphatic carbocycles. The third-order valence-corrected chi connectivity index (χ3v) is 6.09. The molecule has 30 heavy (non-hydrogen) atoms. The Hall–Kier alpha value is -1.79. The van der Waals surface area contributed by atoms with Crippen molar-refractivity contribution < 1.29 is 19.1 Å². The summed E-state index contributed by atoms with van der Waals surface area (Å²) >= 11 is 5.98. The molecular weight excluding hydrogens is 404 g/mol. The van der Waals surface area contributed by atoms with Crippen LogP contribution in [0.5, 0.6) is 5.75 Å². The SMILES string of the molecule is CC(C)(C)C(=O)N1CCC[C@@](COc2ccc(Cl)cc2)(CC(=O)N2CCOCC2)C1. The van der Waals surface area contributed by atoms with Crippen molar-refractivity contribution in [2.24, 2.45) is 10.8 Å². The molecule has 2 aliphatic rings. The van der Waals surface area contributed by atoms with Crippen molar-refractivity contribution in [1.82, 2.24) is 9.80 Å². The third kappa shape index (κ3) is 5.88. The molecular formula is C23H33ClN2O4. The molecule has 1 atom stereocenters. The fourth-order valence-corrected chi connectivity index (χ4v) is 4.31. The molecule has 0 aromatic heterocycles. The van der Waals surface area contributed by atoms with Crippen LogP contribution in [-0.4, -0.2) is 67.6 Å². The summed E-state index contributed by atoms with van der Waals surface area (Å²) in [6.07, 6.45) is 2.08. The topological polar surface area (TPSA) is 59.1 Å². The molecule has 7 heteroatoms. The molecule has 1 aromatic rings. The Kier molecular flexibility index (Phi) is 7.30. The van der Waals surface area contributed by atoms with Crippen LogP contribution in [0.1, 0.15) is 40.0 Å². The van der Waals surface area contributed by atoms with Gasteiger partial charge >= 0.3 is 0 Å². The molecule has 6 nitrogen and oxygen atoms in total. The van der Waals surface area contributed by atoms with Crippen LogP contribution in [0.15, 0.2) is 24.3 Å². The van der Waals surface area contributed by atoms with Gasteiger partial charge in [0.05, 0.1) is 19.8 Å². The first-order valence-corrected chi connectivity index (χ1v) is 11.1. The molecule has 2 saturated heterocycles. The highest BCUT2D eigenvalue weighted by Gasteiger charge is 2.42. The number of piperidine rings is 1. The van der Waals surface area contributed by atoms with Gasteiger partial charge in [-0.15, -0.1) is 0 Å². The van der Waals surface area contributed by atoms with Crippen LogP contribution >= 0.6 is 11.6 Å². The molecule has 1 aromatic carbocycles. The van der Waals surface area contributed by atoms with Gasteiger partial charge in [-0.2, -0.15) is 0 Å². The van der Waals surface area contributed by atoms with Crippen LogP contribution in [0.2, 0.25) is 5.02 Å². The average Bonchev–Trinajstić information content (AvgIpc) is 2.73. The van der Waals surface area contributed by atoms with Gasteiger partial charge in [0.2, 0.25) is 11.8 Å². The molecule has 0 unspecified atom stereocenters. The van der Waals surface area contributed by atoms with Crippen LogP contribution < -0.4 is 4.74 Å². The van der Waals surface area contributed by atoms with Gasteiger partial charge in [0.15, 0.2) is 0 Å². The Balaban J connectivity index is 1.76. The van der Waals surface area contributed by atoms with E-state index in [1.165, 1.54) is 0 Å². The van der Waals surface area contributed by atoms with Crippen LogP contribution in [0.25, 0.3) is 0 Å². The second-order valence-electron chi connectivity index (χ2n) is 9.49. The molecule has 2 aliphatic heterocycles. The molecule has 166 valence electrons. The first kappa shape index (κ1) is 22.9. The Bertz CT molecular complexity index is 741. The summed E-state index contributed by atoms with van der Waals surface area (Å²) in [4.78, 5) is 29.9. The minimum atomic E-state index is -0.450. The average molecular weight is 437 g/mol. The number of rotatable bonds is 5. The smallest absolute Gasteiger partial charge is 0.227 e. The third-order valence-electron chi connectivity index (χ3n) is 5.84. The van der Waals surface area contributed by atoms with E-state index in [1.54, 1.807) is 12.1 Å². The normalized spacial score (nSPS) is 22.7.